The molecule has 0 bridgehead atoms. The van der Waals surface area contributed by atoms with Gasteiger partial charge in [-0.05, 0) is 44.5 Å². The summed E-state index contributed by atoms with van der Waals surface area (Å²) in [4.78, 5) is 15.0. The molecular formula is C18H29N3O3S. The summed E-state index contributed by atoms with van der Waals surface area (Å²) in [6, 6.07) is 5.14. The van der Waals surface area contributed by atoms with Gasteiger partial charge in [-0.2, -0.15) is 4.31 Å². The monoisotopic (exact) mass is 367 g/mol. The molecule has 1 atom stereocenters. The molecular weight excluding hydrogens is 338 g/mol. The summed E-state index contributed by atoms with van der Waals surface area (Å²) in [5.74, 6) is -0.0888. The van der Waals surface area contributed by atoms with Crippen LogP contribution in [0.1, 0.15) is 42.6 Å². The highest BCUT2D eigenvalue weighted by Crippen LogP contribution is 2.22. The molecule has 1 aromatic carbocycles. The van der Waals surface area contributed by atoms with Gasteiger partial charge < -0.3 is 10.2 Å². The molecule has 25 heavy (non-hydrogen) atoms. The Bertz CT molecular complexity index is 714. The predicted molar refractivity (Wildman–Crippen MR) is 99.3 cm³/mol. The van der Waals surface area contributed by atoms with Gasteiger partial charge in [0.1, 0.15) is 0 Å². The van der Waals surface area contributed by atoms with Gasteiger partial charge in [0, 0.05) is 37.8 Å². The lowest BCUT2D eigenvalue weighted by molar-refractivity contribution is 0.0697. The van der Waals surface area contributed by atoms with E-state index in [1.54, 1.807) is 12.1 Å². The Hall–Kier alpha value is -1.44. The molecule has 0 radical (unpaired) electrons. The number of carbonyl (C=O) groups is 1. The predicted octanol–water partition coefficient (Wildman–Crippen LogP) is 1.85. The summed E-state index contributed by atoms with van der Waals surface area (Å²) in [7, 11) is -1.67. The van der Waals surface area contributed by atoms with Crippen molar-refractivity contribution in [2.45, 2.75) is 44.6 Å². The third-order valence-electron chi connectivity index (χ3n) is 4.90. The van der Waals surface area contributed by atoms with Crippen molar-refractivity contribution in [1.82, 2.24) is 14.5 Å². The van der Waals surface area contributed by atoms with Crippen molar-refractivity contribution >= 4 is 15.9 Å². The Morgan fingerprint density at radius 2 is 2.00 bits per heavy atom. The molecule has 0 spiro atoms. The van der Waals surface area contributed by atoms with E-state index in [9.17, 15) is 13.2 Å². The molecule has 1 aliphatic rings. The van der Waals surface area contributed by atoms with Crippen LogP contribution in [0.25, 0.3) is 0 Å². The van der Waals surface area contributed by atoms with Crippen molar-refractivity contribution in [2.75, 3.05) is 33.2 Å². The zero-order valence-electron chi connectivity index (χ0n) is 15.6. The average molecular weight is 368 g/mol. The number of sulfonamides is 1. The second-order valence-electron chi connectivity index (χ2n) is 6.45. The molecule has 0 saturated carbocycles. The first-order valence-corrected chi connectivity index (χ1v) is 10.4. The first-order valence-electron chi connectivity index (χ1n) is 8.92. The molecule has 1 unspecified atom stereocenters. The van der Waals surface area contributed by atoms with Crippen LogP contribution in [0.4, 0.5) is 0 Å². The number of hydrogen-bond donors (Lipinski definition) is 1. The van der Waals surface area contributed by atoms with E-state index in [4.69, 9.17) is 0 Å². The standard InChI is InChI=1S/C18H29N3O3S/c1-5-21(6-2)25(23,24)16-10-9-14(3)17(12-16)18(22)20-11-7-8-15(13-20)19-4/h9-10,12,15,19H,5-8,11,13H2,1-4H3. The van der Waals surface area contributed by atoms with Gasteiger partial charge in [-0.3, -0.25) is 4.79 Å². The molecule has 6 nitrogen and oxygen atoms in total. The molecule has 1 saturated heterocycles. The van der Waals surface area contributed by atoms with Crippen molar-refractivity contribution in [3.8, 4) is 0 Å². The number of carbonyl (C=O) groups excluding carboxylic acids is 1. The summed E-state index contributed by atoms with van der Waals surface area (Å²) in [5.41, 5.74) is 1.28. The lowest BCUT2D eigenvalue weighted by Crippen LogP contribution is -2.47. The minimum absolute atomic E-state index is 0.0888. The Labute approximate surface area is 151 Å². The quantitative estimate of drug-likeness (QED) is 0.833. The zero-order chi connectivity index (χ0) is 18.6. The smallest absolute Gasteiger partial charge is 0.254 e. The van der Waals surface area contributed by atoms with Gasteiger partial charge in [-0.25, -0.2) is 8.42 Å². The van der Waals surface area contributed by atoms with E-state index in [0.29, 0.717) is 37.8 Å². The van der Waals surface area contributed by atoms with Crippen LogP contribution in [0.15, 0.2) is 23.1 Å². The lowest BCUT2D eigenvalue weighted by atomic mass is 10.0. The normalized spacial score (nSPS) is 18.6. The van der Waals surface area contributed by atoms with Gasteiger partial charge in [-0.1, -0.05) is 19.9 Å². The molecule has 1 aliphatic heterocycles. The van der Waals surface area contributed by atoms with Crippen LogP contribution in [0.2, 0.25) is 0 Å². The van der Waals surface area contributed by atoms with Crippen LogP contribution in [0.5, 0.6) is 0 Å². The third-order valence-corrected chi connectivity index (χ3v) is 6.95. The molecule has 1 aromatic rings. The molecule has 1 N–H and O–H groups in total. The number of likely N-dealkylation sites (N-methyl/N-ethyl adjacent to an activating group) is 1. The third kappa shape index (κ3) is 4.22. The van der Waals surface area contributed by atoms with Gasteiger partial charge in [-0.15, -0.1) is 0 Å². The summed E-state index contributed by atoms with van der Waals surface area (Å²) in [5, 5.41) is 3.22. The summed E-state index contributed by atoms with van der Waals surface area (Å²) in [6.07, 6.45) is 2.00. The van der Waals surface area contributed by atoms with E-state index < -0.39 is 10.0 Å². The largest absolute Gasteiger partial charge is 0.337 e. The van der Waals surface area contributed by atoms with Crippen molar-refractivity contribution in [1.29, 1.82) is 0 Å². The topological polar surface area (TPSA) is 69.7 Å². The summed E-state index contributed by atoms with van der Waals surface area (Å²) < 4.78 is 26.9. The van der Waals surface area contributed by atoms with E-state index >= 15 is 0 Å². The molecule has 7 heteroatoms. The van der Waals surface area contributed by atoms with Crippen LogP contribution in [-0.2, 0) is 10.0 Å². The molecule has 2 rings (SSSR count). The first-order chi connectivity index (χ1) is 11.8. The maximum absolute atomic E-state index is 13.0. The Morgan fingerprint density at radius 1 is 1.32 bits per heavy atom. The van der Waals surface area contributed by atoms with Crippen molar-refractivity contribution < 1.29 is 13.2 Å². The fourth-order valence-corrected chi connectivity index (χ4v) is 4.76. The number of amides is 1. The maximum atomic E-state index is 13.0. The van der Waals surface area contributed by atoms with E-state index in [1.165, 1.54) is 10.4 Å². The van der Waals surface area contributed by atoms with E-state index in [-0.39, 0.29) is 10.8 Å². The van der Waals surface area contributed by atoms with Crippen molar-refractivity contribution in [2.24, 2.45) is 0 Å². The zero-order valence-corrected chi connectivity index (χ0v) is 16.4. The second-order valence-corrected chi connectivity index (χ2v) is 8.38. The van der Waals surface area contributed by atoms with Gasteiger partial charge in [0.25, 0.3) is 5.91 Å². The minimum Gasteiger partial charge on any atom is -0.337 e. The molecule has 140 valence electrons. The molecule has 0 aromatic heterocycles. The number of benzene rings is 1. The minimum atomic E-state index is -3.57. The number of piperidine rings is 1. The van der Waals surface area contributed by atoms with Gasteiger partial charge in [0.05, 0.1) is 4.90 Å². The SMILES string of the molecule is CCN(CC)S(=O)(=O)c1ccc(C)c(C(=O)N2CCCC(NC)C2)c1. The highest BCUT2D eigenvalue weighted by atomic mass is 32.2. The fraction of sp³-hybridized carbons (Fsp3) is 0.611. The van der Waals surface area contributed by atoms with Crippen molar-refractivity contribution in [3.05, 3.63) is 29.3 Å². The highest BCUT2D eigenvalue weighted by molar-refractivity contribution is 7.89. The number of nitrogens with zero attached hydrogens (tertiary/aromatic N) is 2. The number of nitrogens with one attached hydrogen (secondary N) is 1. The van der Waals surface area contributed by atoms with E-state index in [2.05, 4.69) is 5.32 Å². The van der Waals surface area contributed by atoms with E-state index in [0.717, 1.165) is 18.4 Å². The van der Waals surface area contributed by atoms with Crippen molar-refractivity contribution in [3.63, 3.8) is 0 Å². The maximum Gasteiger partial charge on any atom is 0.254 e. The highest BCUT2D eigenvalue weighted by Gasteiger charge is 2.27. The number of aryl methyl sites for hydroxylation is 1. The fourth-order valence-electron chi connectivity index (χ4n) is 3.27. The van der Waals surface area contributed by atoms with Crippen LogP contribution >= 0.6 is 0 Å². The summed E-state index contributed by atoms with van der Waals surface area (Å²) >= 11 is 0. The van der Waals surface area contributed by atoms with Gasteiger partial charge in [0.2, 0.25) is 10.0 Å². The molecule has 0 aliphatic carbocycles. The van der Waals surface area contributed by atoms with Gasteiger partial charge >= 0.3 is 0 Å². The Balaban J connectivity index is 2.34. The van der Waals surface area contributed by atoms with Crippen LogP contribution < -0.4 is 5.32 Å². The second kappa shape index (κ2) is 8.29. The van der Waals surface area contributed by atoms with Crippen LogP contribution in [-0.4, -0.2) is 62.8 Å². The molecule has 1 fully saturated rings. The number of hydrogen-bond acceptors (Lipinski definition) is 4. The number of rotatable bonds is 6. The lowest BCUT2D eigenvalue weighted by Gasteiger charge is -2.33. The Morgan fingerprint density at radius 3 is 2.60 bits per heavy atom. The van der Waals surface area contributed by atoms with Crippen LogP contribution in [0.3, 0.4) is 0 Å². The Kier molecular flexibility index (Phi) is 6.59. The van der Waals surface area contributed by atoms with Crippen LogP contribution in [0, 0.1) is 6.92 Å². The van der Waals surface area contributed by atoms with E-state index in [1.807, 2.05) is 32.7 Å². The first kappa shape index (κ1) is 19.9. The summed E-state index contributed by atoms with van der Waals surface area (Å²) in [6.45, 7) is 7.66. The molecule has 1 heterocycles. The number of likely N-dealkylation sites (tertiary alicyclic amines) is 1. The average Bonchev–Trinajstić information content (AvgIpc) is 2.62. The van der Waals surface area contributed by atoms with Gasteiger partial charge in [0.15, 0.2) is 0 Å². The molecule has 1 amide bonds.